The summed E-state index contributed by atoms with van der Waals surface area (Å²) in [6, 6.07) is 2.51. The quantitative estimate of drug-likeness (QED) is 0.724. The predicted octanol–water partition coefficient (Wildman–Crippen LogP) is 3.06. The highest BCUT2D eigenvalue weighted by Crippen LogP contribution is 2.31. The average Bonchev–Trinajstić information content (AvgIpc) is 3.24. The Kier molecular flexibility index (Phi) is 4.30. The first kappa shape index (κ1) is 15.3. The molecule has 0 aliphatic carbocycles. The third-order valence-electron chi connectivity index (χ3n) is 4.76. The van der Waals surface area contributed by atoms with Crippen molar-refractivity contribution >= 4 is 5.78 Å². The van der Waals surface area contributed by atoms with E-state index in [-0.39, 0.29) is 0 Å². The summed E-state index contributed by atoms with van der Waals surface area (Å²) >= 11 is 0. The highest BCUT2D eigenvalue weighted by atomic mass is 15.3. The molecule has 3 aromatic rings. The summed E-state index contributed by atoms with van der Waals surface area (Å²) in [6.07, 6.45) is 14.8. The van der Waals surface area contributed by atoms with Crippen LogP contribution in [0.5, 0.6) is 0 Å². The molecule has 0 unspecified atom stereocenters. The average molecular weight is 324 g/mol. The Balaban J connectivity index is 1.55. The standard InChI is InChI=1S/C18H24N6/c1-2-8-24-14-15(12-20-24)13-23-9-4-3-5-17(23)16-6-10-22-11-7-19-18(22)21-16/h6-7,10-12,14,17H,2-5,8-9,13H2,1H3/t17-/m0/s1. The zero-order valence-electron chi connectivity index (χ0n) is 14.2. The third-order valence-corrected chi connectivity index (χ3v) is 4.76. The van der Waals surface area contributed by atoms with E-state index < -0.39 is 0 Å². The van der Waals surface area contributed by atoms with E-state index in [1.54, 1.807) is 6.20 Å². The number of likely N-dealkylation sites (tertiary alicyclic amines) is 1. The van der Waals surface area contributed by atoms with Gasteiger partial charge < -0.3 is 0 Å². The molecule has 4 rings (SSSR count). The summed E-state index contributed by atoms with van der Waals surface area (Å²) in [7, 11) is 0. The third kappa shape index (κ3) is 3.06. The number of hydrogen-bond donors (Lipinski definition) is 0. The first-order valence-corrected chi connectivity index (χ1v) is 8.88. The van der Waals surface area contributed by atoms with Gasteiger partial charge in [0.05, 0.1) is 17.9 Å². The van der Waals surface area contributed by atoms with Crippen LogP contribution >= 0.6 is 0 Å². The molecular formula is C18H24N6. The number of aryl methyl sites for hydroxylation is 1. The summed E-state index contributed by atoms with van der Waals surface area (Å²) in [5.41, 5.74) is 2.42. The maximum atomic E-state index is 4.77. The van der Waals surface area contributed by atoms with Gasteiger partial charge in [0.1, 0.15) is 0 Å². The van der Waals surface area contributed by atoms with Crippen LogP contribution in [0, 0.1) is 0 Å². The van der Waals surface area contributed by atoms with E-state index in [0.29, 0.717) is 6.04 Å². The lowest BCUT2D eigenvalue weighted by Crippen LogP contribution is -2.33. The van der Waals surface area contributed by atoms with Gasteiger partial charge in [0.2, 0.25) is 5.78 Å². The van der Waals surface area contributed by atoms with Crippen LogP contribution in [-0.2, 0) is 13.1 Å². The summed E-state index contributed by atoms with van der Waals surface area (Å²) in [5, 5.41) is 4.46. The first-order valence-electron chi connectivity index (χ1n) is 8.88. The van der Waals surface area contributed by atoms with Crippen molar-refractivity contribution in [2.75, 3.05) is 6.54 Å². The molecular weight excluding hydrogens is 300 g/mol. The van der Waals surface area contributed by atoms with Gasteiger partial charge in [-0.25, -0.2) is 9.97 Å². The zero-order valence-corrected chi connectivity index (χ0v) is 14.2. The normalized spacial score (nSPS) is 19.1. The molecule has 0 spiro atoms. The van der Waals surface area contributed by atoms with Crippen LogP contribution in [0.4, 0.5) is 0 Å². The van der Waals surface area contributed by atoms with Crippen molar-refractivity contribution in [3.05, 3.63) is 48.3 Å². The molecule has 4 heterocycles. The van der Waals surface area contributed by atoms with Crippen LogP contribution in [0.2, 0.25) is 0 Å². The van der Waals surface area contributed by atoms with Crippen molar-refractivity contribution < 1.29 is 0 Å². The van der Waals surface area contributed by atoms with Crippen molar-refractivity contribution in [1.82, 2.24) is 29.0 Å². The number of fused-ring (bicyclic) bond motifs is 1. The molecule has 1 aliphatic heterocycles. The molecule has 0 amide bonds. The molecule has 0 saturated carbocycles. The molecule has 1 aliphatic rings. The maximum absolute atomic E-state index is 4.77. The van der Waals surface area contributed by atoms with Crippen LogP contribution in [0.15, 0.2) is 37.1 Å². The number of nitrogens with zero attached hydrogens (tertiary/aromatic N) is 6. The molecule has 6 heteroatoms. The van der Waals surface area contributed by atoms with Crippen molar-refractivity contribution in [3.8, 4) is 0 Å². The Morgan fingerprint density at radius 1 is 1.25 bits per heavy atom. The minimum absolute atomic E-state index is 0.370. The van der Waals surface area contributed by atoms with E-state index in [2.05, 4.69) is 40.4 Å². The SMILES string of the molecule is CCCn1cc(CN2CCCC[C@H]2c2ccn3ccnc3n2)cn1. The number of rotatable bonds is 5. The fourth-order valence-corrected chi connectivity index (χ4v) is 3.59. The molecule has 0 aromatic carbocycles. The van der Waals surface area contributed by atoms with Gasteiger partial charge in [0.15, 0.2) is 0 Å². The second-order valence-electron chi connectivity index (χ2n) is 6.58. The van der Waals surface area contributed by atoms with Gasteiger partial charge in [0.25, 0.3) is 0 Å². The highest BCUT2D eigenvalue weighted by molar-refractivity contribution is 5.30. The van der Waals surface area contributed by atoms with Crippen LogP contribution in [-0.4, -0.2) is 35.6 Å². The van der Waals surface area contributed by atoms with Crippen molar-refractivity contribution in [3.63, 3.8) is 0 Å². The molecule has 1 fully saturated rings. The Bertz CT molecular complexity index is 805. The lowest BCUT2D eigenvalue weighted by molar-refractivity contribution is 0.137. The largest absolute Gasteiger partial charge is 0.291 e. The fraction of sp³-hybridized carbons (Fsp3) is 0.500. The van der Waals surface area contributed by atoms with Crippen molar-refractivity contribution in [2.45, 2.75) is 51.7 Å². The van der Waals surface area contributed by atoms with Gasteiger partial charge in [-0.15, -0.1) is 0 Å². The predicted molar refractivity (Wildman–Crippen MR) is 92.5 cm³/mol. The molecule has 24 heavy (non-hydrogen) atoms. The van der Waals surface area contributed by atoms with Crippen molar-refractivity contribution in [1.29, 1.82) is 0 Å². The zero-order chi connectivity index (χ0) is 16.4. The molecule has 6 nitrogen and oxygen atoms in total. The fourth-order valence-electron chi connectivity index (χ4n) is 3.59. The second-order valence-corrected chi connectivity index (χ2v) is 6.58. The number of piperidine rings is 1. The second kappa shape index (κ2) is 6.73. The smallest absolute Gasteiger partial charge is 0.233 e. The molecule has 0 bridgehead atoms. The highest BCUT2D eigenvalue weighted by Gasteiger charge is 2.25. The lowest BCUT2D eigenvalue weighted by Gasteiger charge is -2.35. The van der Waals surface area contributed by atoms with E-state index in [1.165, 1.54) is 18.4 Å². The monoisotopic (exact) mass is 324 g/mol. The van der Waals surface area contributed by atoms with E-state index >= 15 is 0 Å². The molecule has 1 atom stereocenters. The molecule has 0 N–H and O–H groups in total. The van der Waals surface area contributed by atoms with Gasteiger partial charge in [-0.3, -0.25) is 14.0 Å². The Labute approximate surface area is 142 Å². The number of hydrogen-bond acceptors (Lipinski definition) is 4. The van der Waals surface area contributed by atoms with Gasteiger partial charge in [-0.05, 0) is 31.9 Å². The summed E-state index contributed by atoms with van der Waals surface area (Å²) < 4.78 is 4.01. The van der Waals surface area contributed by atoms with E-state index in [1.807, 2.05) is 21.5 Å². The van der Waals surface area contributed by atoms with E-state index in [9.17, 15) is 0 Å². The molecule has 1 saturated heterocycles. The molecule has 3 aromatic heterocycles. The van der Waals surface area contributed by atoms with Crippen LogP contribution in [0.3, 0.4) is 0 Å². The van der Waals surface area contributed by atoms with Gasteiger partial charge in [-0.2, -0.15) is 5.10 Å². The van der Waals surface area contributed by atoms with Gasteiger partial charge in [0, 0.05) is 43.4 Å². The topological polar surface area (TPSA) is 51.2 Å². The minimum atomic E-state index is 0.370. The number of aromatic nitrogens is 5. The maximum Gasteiger partial charge on any atom is 0.233 e. The Hall–Kier alpha value is -2.21. The molecule has 0 radical (unpaired) electrons. The first-order chi connectivity index (χ1) is 11.8. The summed E-state index contributed by atoms with van der Waals surface area (Å²) in [5.74, 6) is 0.786. The van der Waals surface area contributed by atoms with Gasteiger partial charge >= 0.3 is 0 Å². The van der Waals surface area contributed by atoms with Crippen LogP contribution in [0.1, 0.15) is 49.9 Å². The van der Waals surface area contributed by atoms with Crippen LogP contribution in [0.25, 0.3) is 5.78 Å². The van der Waals surface area contributed by atoms with Gasteiger partial charge in [-0.1, -0.05) is 13.3 Å². The lowest BCUT2D eigenvalue weighted by atomic mass is 9.98. The van der Waals surface area contributed by atoms with E-state index in [4.69, 9.17) is 4.98 Å². The Morgan fingerprint density at radius 2 is 2.21 bits per heavy atom. The summed E-state index contributed by atoms with van der Waals surface area (Å²) in [6.45, 7) is 5.22. The molecule has 126 valence electrons. The Morgan fingerprint density at radius 3 is 3.12 bits per heavy atom. The minimum Gasteiger partial charge on any atom is -0.291 e. The van der Waals surface area contributed by atoms with E-state index in [0.717, 1.165) is 43.9 Å². The van der Waals surface area contributed by atoms with Crippen molar-refractivity contribution in [2.24, 2.45) is 0 Å². The summed E-state index contributed by atoms with van der Waals surface area (Å²) in [4.78, 5) is 11.6. The number of imidazole rings is 1. The van der Waals surface area contributed by atoms with Crippen LogP contribution < -0.4 is 0 Å².